The average molecular weight is 359 g/mol. The van der Waals surface area contributed by atoms with Crippen LogP contribution < -0.4 is 9.64 Å². The van der Waals surface area contributed by atoms with Gasteiger partial charge in [-0.1, -0.05) is 11.2 Å². The van der Waals surface area contributed by atoms with Crippen LogP contribution in [0.3, 0.4) is 0 Å². The Labute approximate surface area is 151 Å². The minimum atomic E-state index is -0.0299. The molecule has 0 unspecified atom stereocenters. The lowest BCUT2D eigenvalue weighted by Gasteiger charge is -2.35. The minimum absolute atomic E-state index is 0.0234. The van der Waals surface area contributed by atoms with Gasteiger partial charge in [0.1, 0.15) is 5.75 Å². The van der Waals surface area contributed by atoms with Gasteiger partial charge in [-0.05, 0) is 35.7 Å². The summed E-state index contributed by atoms with van der Waals surface area (Å²) in [5, 5.41) is 5.81. The fourth-order valence-corrected chi connectivity index (χ4v) is 3.22. The number of rotatable bonds is 6. The third-order valence-electron chi connectivity index (χ3n) is 4.06. The van der Waals surface area contributed by atoms with E-state index in [1.54, 1.807) is 24.7 Å². The van der Waals surface area contributed by atoms with Crippen molar-refractivity contribution in [1.29, 1.82) is 0 Å². The van der Waals surface area contributed by atoms with Gasteiger partial charge in [-0.15, -0.1) is 11.3 Å². The molecule has 1 aliphatic rings. The van der Waals surface area contributed by atoms with Crippen molar-refractivity contribution in [2.45, 2.75) is 0 Å². The second-order valence-corrected chi connectivity index (χ2v) is 6.57. The summed E-state index contributed by atoms with van der Waals surface area (Å²) in [6, 6.07) is 11.9. The monoisotopic (exact) mass is 359 g/mol. The molecule has 2 heterocycles. The standard InChI is InChI=1S/C18H21N3O3S/c1-23-16-6-4-15(5-7-16)20-8-10-21(11-9-20)18(22)14-24-19-13-17-3-2-12-25-17/h2-7,12-13H,8-11,14H2,1H3/b19-13+. The summed E-state index contributed by atoms with van der Waals surface area (Å²) in [6.45, 7) is 2.95. The first-order chi connectivity index (χ1) is 12.3. The predicted octanol–water partition coefficient (Wildman–Crippen LogP) is 2.46. The molecule has 0 bridgehead atoms. The van der Waals surface area contributed by atoms with Crippen LogP contribution in [0, 0.1) is 0 Å². The largest absolute Gasteiger partial charge is 0.497 e. The smallest absolute Gasteiger partial charge is 0.263 e. The van der Waals surface area contributed by atoms with Crippen LogP contribution in [0.4, 0.5) is 5.69 Å². The molecule has 132 valence electrons. The fraction of sp³-hybridized carbons (Fsp3) is 0.333. The molecule has 1 aromatic carbocycles. The number of methoxy groups -OCH3 is 1. The lowest BCUT2D eigenvalue weighted by Crippen LogP contribution is -2.49. The van der Waals surface area contributed by atoms with E-state index in [2.05, 4.69) is 10.1 Å². The average Bonchev–Trinajstić information content (AvgIpc) is 3.19. The quantitative estimate of drug-likeness (QED) is 0.587. The number of carbonyl (C=O) groups is 1. The van der Waals surface area contributed by atoms with E-state index >= 15 is 0 Å². The Morgan fingerprint density at radius 2 is 1.96 bits per heavy atom. The first kappa shape index (κ1) is 17.3. The van der Waals surface area contributed by atoms with Crippen molar-refractivity contribution < 1.29 is 14.4 Å². The number of nitrogens with zero attached hydrogens (tertiary/aromatic N) is 3. The number of anilines is 1. The van der Waals surface area contributed by atoms with Crippen molar-refractivity contribution in [3.63, 3.8) is 0 Å². The van der Waals surface area contributed by atoms with Crippen molar-refractivity contribution in [3.05, 3.63) is 46.7 Å². The molecule has 2 aromatic rings. The van der Waals surface area contributed by atoms with Gasteiger partial charge in [0.05, 0.1) is 13.3 Å². The van der Waals surface area contributed by atoms with Gasteiger partial charge in [-0.3, -0.25) is 4.79 Å². The second kappa shape index (κ2) is 8.53. The highest BCUT2D eigenvalue weighted by Crippen LogP contribution is 2.20. The molecule has 0 aliphatic carbocycles. The molecule has 0 saturated carbocycles. The molecule has 1 aliphatic heterocycles. The number of amides is 1. The highest BCUT2D eigenvalue weighted by atomic mass is 32.1. The van der Waals surface area contributed by atoms with Gasteiger partial charge in [0.2, 0.25) is 0 Å². The number of hydrogen-bond acceptors (Lipinski definition) is 6. The SMILES string of the molecule is COc1ccc(N2CCN(C(=O)CO/N=C/c3cccs3)CC2)cc1. The van der Waals surface area contributed by atoms with Gasteiger partial charge < -0.3 is 19.4 Å². The molecule has 7 heteroatoms. The van der Waals surface area contributed by atoms with E-state index in [0.29, 0.717) is 13.1 Å². The molecule has 1 amide bonds. The summed E-state index contributed by atoms with van der Waals surface area (Å²) in [5.74, 6) is 0.815. The van der Waals surface area contributed by atoms with Crippen molar-refractivity contribution in [1.82, 2.24) is 4.90 Å². The van der Waals surface area contributed by atoms with Crippen LogP contribution in [0.5, 0.6) is 5.75 Å². The van der Waals surface area contributed by atoms with E-state index in [9.17, 15) is 4.79 Å². The lowest BCUT2D eigenvalue weighted by molar-refractivity contribution is -0.136. The first-order valence-corrected chi connectivity index (χ1v) is 9.00. The molecule has 25 heavy (non-hydrogen) atoms. The molecule has 0 atom stereocenters. The summed E-state index contributed by atoms with van der Waals surface area (Å²) in [4.78, 5) is 22.4. The lowest BCUT2D eigenvalue weighted by atomic mass is 10.2. The third-order valence-corrected chi connectivity index (χ3v) is 4.86. The molecule has 0 N–H and O–H groups in total. The van der Waals surface area contributed by atoms with E-state index in [1.165, 1.54) is 0 Å². The van der Waals surface area contributed by atoms with E-state index in [4.69, 9.17) is 9.57 Å². The molecular formula is C18H21N3O3S. The summed E-state index contributed by atoms with van der Waals surface area (Å²) < 4.78 is 5.18. The highest BCUT2D eigenvalue weighted by molar-refractivity contribution is 7.11. The zero-order valence-electron chi connectivity index (χ0n) is 14.1. The maximum absolute atomic E-state index is 12.2. The maximum Gasteiger partial charge on any atom is 0.263 e. The Kier molecular flexibility index (Phi) is 5.90. The molecule has 1 fully saturated rings. The van der Waals surface area contributed by atoms with Crippen LogP contribution >= 0.6 is 11.3 Å². The zero-order valence-corrected chi connectivity index (χ0v) is 14.9. The number of ether oxygens (including phenoxy) is 1. The van der Waals surface area contributed by atoms with Crippen molar-refractivity contribution in [3.8, 4) is 5.75 Å². The van der Waals surface area contributed by atoms with Crippen LogP contribution in [0.1, 0.15) is 4.88 Å². The number of piperazine rings is 1. The van der Waals surface area contributed by atoms with Crippen LogP contribution in [-0.4, -0.2) is 56.9 Å². The van der Waals surface area contributed by atoms with Gasteiger partial charge in [0.25, 0.3) is 5.91 Å². The topological polar surface area (TPSA) is 54.4 Å². The number of carbonyl (C=O) groups excluding carboxylic acids is 1. The third kappa shape index (κ3) is 4.73. The fourth-order valence-electron chi connectivity index (χ4n) is 2.64. The van der Waals surface area contributed by atoms with Gasteiger partial charge in [-0.2, -0.15) is 0 Å². The molecule has 0 radical (unpaired) electrons. The van der Waals surface area contributed by atoms with Crippen molar-refractivity contribution >= 4 is 29.1 Å². The summed E-state index contributed by atoms with van der Waals surface area (Å²) in [5.41, 5.74) is 1.14. The van der Waals surface area contributed by atoms with Crippen molar-refractivity contribution in [2.24, 2.45) is 5.16 Å². The van der Waals surface area contributed by atoms with Gasteiger partial charge in [0, 0.05) is 36.7 Å². The molecule has 0 spiro atoms. The Balaban J connectivity index is 1.42. The molecule has 6 nitrogen and oxygen atoms in total. The number of hydrogen-bond donors (Lipinski definition) is 0. The van der Waals surface area contributed by atoms with E-state index in [0.717, 1.165) is 29.4 Å². The zero-order chi connectivity index (χ0) is 17.5. The van der Waals surface area contributed by atoms with Gasteiger partial charge >= 0.3 is 0 Å². The van der Waals surface area contributed by atoms with Gasteiger partial charge in [-0.25, -0.2) is 0 Å². The molecule has 3 rings (SSSR count). The summed E-state index contributed by atoms with van der Waals surface area (Å²) in [7, 11) is 1.66. The Hall–Kier alpha value is -2.54. The number of thiophene rings is 1. The normalized spacial score (nSPS) is 14.8. The number of oxime groups is 1. The minimum Gasteiger partial charge on any atom is -0.497 e. The van der Waals surface area contributed by atoms with Crippen LogP contribution in [0.25, 0.3) is 0 Å². The van der Waals surface area contributed by atoms with E-state index in [1.807, 2.05) is 46.7 Å². The molecular weight excluding hydrogens is 338 g/mol. The highest BCUT2D eigenvalue weighted by Gasteiger charge is 2.21. The van der Waals surface area contributed by atoms with Crippen LogP contribution in [0.2, 0.25) is 0 Å². The molecule has 1 saturated heterocycles. The summed E-state index contributed by atoms with van der Waals surface area (Å²) >= 11 is 1.57. The second-order valence-electron chi connectivity index (χ2n) is 5.59. The van der Waals surface area contributed by atoms with E-state index in [-0.39, 0.29) is 12.5 Å². The van der Waals surface area contributed by atoms with Crippen LogP contribution in [0.15, 0.2) is 46.9 Å². The van der Waals surface area contributed by atoms with Gasteiger partial charge in [0.15, 0.2) is 6.61 Å². The Bertz CT molecular complexity index is 693. The predicted molar refractivity (Wildman–Crippen MR) is 99.7 cm³/mol. The summed E-state index contributed by atoms with van der Waals surface area (Å²) in [6.07, 6.45) is 1.62. The van der Waals surface area contributed by atoms with E-state index < -0.39 is 0 Å². The van der Waals surface area contributed by atoms with Crippen molar-refractivity contribution in [2.75, 3.05) is 44.8 Å². The Morgan fingerprint density at radius 1 is 1.20 bits per heavy atom. The number of benzene rings is 1. The Morgan fingerprint density at radius 3 is 2.60 bits per heavy atom. The molecule has 1 aromatic heterocycles. The first-order valence-electron chi connectivity index (χ1n) is 8.12. The van der Waals surface area contributed by atoms with Crippen LogP contribution in [-0.2, 0) is 9.63 Å². The maximum atomic E-state index is 12.2.